The fourth-order valence-electron chi connectivity index (χ4n) is 4.27. The van der Waals surface area contributed by atoms with E-state index in [1.54, 1.807) is 37.4 Å². The highest BCUT2D eigenvalue weighted by atomic mass is 32.1. The van der Waals surface area contributed by atoms with Gasteiger partial charge in [-0.25, -0.2) is 9.37 Å². The van der Waals surface area contributed by atoms with Gasteiger partial charge in [0.25, 0.3) is 5.56 Å². The van der Waals surface area contributed by atoms with Crippen LogP contribution in [0, 0.1) is 5.82 Å². The summed E-state index contributed by atoms with van der Waals surface area (Å²) in [7, 11) is 5.75. The van der Waals surface area contributed by atoms with Gasteiger partial charge in [-0.15, -0.1) is 0 Å². The van der Waals surface area contributed by atoms with Crippen molar-refractivity contribution < 1.29 is 9.13 Å². The summed E-state index contributed by atoms with van der Waals surface area (Å²) >= 11 is 1.54. The second kappa shape index (κ2) is 9.59. The molecule has 2 aromatic carbocycles. The number of ether oxygens (including phenoxy) is 1. The molecule has 9 heteroatoms. The molecule has 0 N–H and O–H groups in total. The molecule has 1 unspecified atom stereocenters. The van der Waals surface area contributed by atoms with E-state index in [2.05, 4.69) is 23.9 Å². The Labute approximate surface area is 207 Å². The van der Waals surface area contributed by atoms with Crippen LogP contribution in [0.25, 0.3) is 27.5 Å². The first-order chi connectivity index (χ1) is 16.9. The van der Waals surface area contributed by atoms with Crippen LogP contribution in [0.4, 0.5) is 9.52 Å². The molecule has 180 valence electrons. The van der Waals surface area contributed by atoms with Gasteiger partial charge in [-0.3, -0.25) is 4.79 Å². The molecule has 1 aliphatic heterocycles. The third-order valence-corrected chi connectivity index (χ3v) is 7.38. The van der Waals surface area contributed by atoms with E-state index in [9.17, 15) is 9.18 Å². The van der Waals surface area contributed by atoms with Crippen molar-refractivity contribution in [3.05, 3.63) is 76.8 Å². The minimum absolute atomic E-state index is 0.264. The predicted octanol–water partition coefficient (Wildman–Crippen LogP) is 4.31. The smallest absolute Gasteiger partial charge is 0.271 e. The van der Waals surface area contributed by atoms with E-state index in [0.29, 0.717) is 23.2 Å². The molecule has 0 spiro atoms. The predicted molar refractivity (Wildman–Crippen MR) is 137 cm³/mol. The third-order valence-electron chi connectivity index (χ3n) is 6.24. The fourth-order valence-corrected chi connectivity index (χ4v) is 5.36. The number of rotatable bonds is 6. The molecule has 1 saturated heterocycles. The van der Waals surface area contributed by atoms with E-state index in [0.717, 1.165) is 40.8 Å². The molecule has 2 aromatic heterocycles. The quantitative estimate of drug-likeness (QED) is 0.401. The summed E-state index contributed by atoms with van der Waals surface area (Å²) in [6.07, 6.45) is 1.06. The summed E-state index contributed by atoms with van der Waals surface area (Å²) in [5, 5.41) is 5.59. The summed E-state index contributed by atoms with van der Waals surface area (Å²) in [6, 6.07) is 17.2. The van der Waals surface area contributed by atoms with Gasteiger partial charge in [-0.05, 0) is 63.0 Å². The average Bonchev–Trinajstić information content (AvgIpc) is 3.53. The van der Waals surface area contributed by atoms with Gasteiger partial charge in [0.2, 0.25) is 0 Å². The van der Waals surface area contributed by atoms with Crippen molar-refractivity contribution in [2.75, 3.05) is 39.2 Å². The molecular formula is C26H26FN5O2S. The van der Waals surface area contributed by atoms with E-state index in [1.807, 2.05) is 12.1 Å². The Kier molecular flexibility index (Phi) is 6.36. The minimum Gasteiger partial charge on any atom is -0.494 e. The molecule has 0 radical (unpaired) electrons. The molecule has 4 aromatic rings. The number of aromatic nitrogens is 3. The van der Waals surface area contributed by atoms with Gasteiger partial charge in [-0.2, -0.15) is 9.78 Å². The number of hydrogen-bond acceptors (Lipinski definition) is 7. The standard InChI is InChI=1S/C26H26FN5O2S/c1-30(2)19-14-15-31(16-19)26-28-24(17-8-10-18(27)11-9-17)25(35-26)20-12-13-23(33)32(29-20)21-6-4-5-7-22(21)34-3/h4-13,19H,14-16H2,1-3H3. The Morgan fingerprint density at radius 2 is 1.86 bits per heavy atom. The highest BCUT2D eigenvalue weighted by Crippen LogP contribution is 2.40. The first-order valence-corrected chi connectivity index (χ1v) is 12.2. The largest absolute Gasteiger partial charge is 0.494 e. The van der Waals surface area contributed by atoms with Gasteiger partial charge in [0.1, 0.15) is 22.9 Å². The van der Waals surface area contributed by atoms with Crippen LogP contribution in [0.1, 0.15) is 6.42 Å². The number of thiazole rings is 1. The number of likely N-dealkylation sites (N-methyl/N-ethyl adjacent to an activating group) is 1. The van der Waals surface area contributed by atoms with Crippen LogP contribution in [0.15, 0.2) is 65.5 Å². The Morgan fingerprint density at radius 1 is 1.09 bits per heavy atom. The van der Waals surface area contributed by atoms with E-state index < -0.39 is 0 Å². The van der Waals surface area contributed by atoms with Crippen molar-refractivity contribution in [2.24, 2.45) is 0 Å². The number of halogens is 1. The average molecular weight is 492 g/mol. The molecular weight excluding hydrogens is 465 g/mol. The van der Waals surface area contributed by atoms with Gasteiger partial charge in [0.15, 0.2) is 5.13 Å². The van der Waals surface area contributed by atoms with Crippen LogP contribution in [0.3, 0.4) is 0 Å². The zero-order valence-electron chi connectivity index (χ0n) is 19.8. The number of anilines is 1. The monoisotopic (exact) mass is 491 g/mol. The normalized spacial score (nSPS) is 15.7. The van der Waals surface area contributed by atoms with Crippen LogP contribution in [-0.4, -0.2) is 60.0 Å². The molecule has 35 heavy (non-hydrogen) atoms. The van der Waals surface area contributed by atoms with Crippen molar-refractivity contribution in [3.63, 3.8) is 0 Å². The maximum atomic E-state index is 13.7. The van der Waals surface area contributed by atoms with Crippen molar-refractivity contribution in [1.29, 1.82) is 0 Å². The van der Waals surface area contributed by atoms with Crippen LogP contribution in [-0.2, 0) is 0 Å². The second-order valence-corrected chi connectivity index (χ2v) is 9.65. The zero-order chi connectivity index (χ0) is 24.5. The van der Waals surface area contributed by atoms with Crippen LogP contribution in [0.2, 0.25) is 0 Å². The van der Waals surface area contributed by atoms with Crippen molar-refractivity contribution in [3.8, 4) is 33.3 Å². The molecule has 0 bridgehead atoms. The van der Waals surface area contributed by atoms with Gasteiger partial charge < -0.3 is 14.5 Å². The summed E-state index contributed by atoms with van der Waals surface area (Å²) in [4.78, 5) is 23.1. The number of benzene rings is 2. The minimum atomic E-state index is -0.304. The van der Waals surface area contributed by atoms with E-state index in [-0.39, 0.29) is 11.4 Å². The highest BCUT2D eigenvalue weighted by Gasteiger charge is 2.28. The first-order valence-electron chi connectivity index (χ1n) is 11.4. The molecule has 0 amide bonds. The second-order valence-electron chi connectivity index (χ2n) is 8.67. The van der Waals surface area contributed by atoms with Crippen LogP contribution in [0.5, 0.6) is 5.75 Å². The maximum Gasteiger partial charge on any atom is 0.271 e. The Hall–Kier alpha value is -3.56. The van der Waals surface area contributed by atoms with Gasteiger partial charge in [0, 0.05) is 30.8 Å². The van der Waals surface area contributed by atoms with Gasteiger partial charge in [-0.1, -0.05) is 23.5 Å². The zero-order valence-corrected chi connectivity index (χ0v) is 20.6. The van der Waals surface area contributed by atoms with E-state index in [4.69, 9.17) is 14.8 Å². The van der Waals surface area contributed by atoms with Gasteiger partial charge in [0.05, 0.1) is 17.7 Å². The summed E-state index contributed by atoms with van der Waals surface area (Å²) in [5.74, 6) is 0.247. The fraction of sp³-hybridized carbons (Fsp3) is 0.269. The molecule has 0 saturated carbocycles. The number of para-hydroxylation sites is 2. The maximum absolute atomic E-state index is 13.7. The number of hydrogen-bond donors (Lipinski definition) is 0. The lowest BCUT2D eigenvalue weighted by Crippen LogP contribution is -2.31. The number of methoxy groups -OCH3 is 1. The molecule has 3 heterocycles. The lowest BCUT2D eigenvalue weighted by atomic mass is 10.1. The lowest BCUT2D eigenvalue weighted by molar-refractivity contribution is 0.315. The third kappa shape index (κ3) is 4.56. The SMILES string of the molecule is COc1ccccc1-n1nc(-c2sc(N3CCC(N(C)C)C3)nc2-c2ccc(F)cc2)ccc1=O. The first kappa shape index (κ1) is 23.2. The van der Waals surface area contributed by atoms with Crippen molar-refractivity contribution >= 4 is 16.5 Å². The molecule has 1 fully saturated rings. The van der Waals surface area contributed by atoms with Crippen LogP contribution >= 0.6 is 11.3 Å². The highest BCUT2D eigenvalue weighted by molar-refractivity contribution is 7.19. The molecule has 1 aliphatic rings. The summed E-state index contributed by atoms with van der Waals surface area (Å²) in [5.41, 5.74) is 2.42. The Bertz CT molecular complexity index is 1400. The summed E-state index contributed by atoms with van der Waals surface area (Å²) in [6.45, 7) is 1.80. The topological polar surface area (TPSA) is 63.5 Å². The van der Waals surface area contributed by atoms with E-state index >= 15 is 0 Å². The van der Waals surface area contributed by atoms with Crippen molar-refractivity contribution in [2.45, 2.75) is 12.5 Å². The Balaban J connectivity index is 1.63. The lowest BCUT2D eigenvalue weighted by Gasteiger charge is -2.19. The summed E-state index contributed by atoms with van der Waals surface area (Å²) < 4.78 is 20.5. The Morgan fingerprint density at radius 3 is 2.57 bits per heavy atom. The van der Waals surface area contributed by atoms with Crippen LogP contribution < -0.4 is 15.2 Å². The molecule has 1 atom stereocenters. The number of nitrogens with zero attached hydrogens (tertiary/aromatic N) is 5. The van der Waals surface area contributed by atoms with E-state index in [1.165, 1.54) is 34.2 Å². The molecule has 7 nitrogen and oxygen atoms in total. The molecule has 0 aliphatic carbocycles. The van der Waals surface area contributed by atoms with Gasteiger partial charge >= 0.3 is 0 Å². The van der Waals surface area contributed by atoms with Crippen molar-refractivity contribution in [1.82, 2.24) is 19.7 Å². The molecule has 5 rings (SSSR count).